The molecule has 6 heteroatoms. The van der Waals surface area contributed by atoms with Crippen LogP contribution in [0.1, 0.15) is 57.3 Å². The first-order chi connectivity index (χ1) is 13.7. The van der Waals surface area contributed by atoms with Crippen molar-refractivity contribution in [2.75, 3.05) is 31.1 Å². The summed E-state index contributed by atoms with van der Waals surface area (Å²) in [5.41, 5.74) is 4.74. The van der Waals surface area contributed by atoms with E-state index in [0.29, 0.717) is 5.91 Å². The highest BCUT2D eigenvalue weighted by Gasteiger charge is 2.30. The largest absolute Gasteiger partial charge is 0.369 e. The van der Waals surface area contributed by atoms with Crippen LogP contribution in [-0.2, 0) is 17.6 Å². The molecule has 4 rings (SSSR count). The van der Waals surface area contributed by atoms with Crippen LogP contribution >= 0.6 is 0 Å². The van der Waals surface area contributed by atoms with E-state index in [1.165, 1.54) is 6.42 Å². The number of carbonyl (C=O) groups is 1. The summed E-state index contributed by atoms with van der Waals surface area (Å²) in [6.45, 7) is 7.84. The number of hydrogen-bond donors (Lipinski definition) is 0. The molecule has 150 valence electrons. The van der Waals surface area contributed by atoms with E-state index in [0.717, 1.165) is 92.9 Å². The number of aromatic nitrogens is 3. The highest BCUT2D eigenvalue weighted by Crippen LogP contribution is 2.27. The molecule has 0 bridgehead atoms. The third kappa shape index (κ3) is 3.82. The van der Waals surface area contributed by atoms with Crippen molar-refractivity contribution >= 4 is 22.8 Å². The van der Waals surface area contributed by atoms with Crippen molar-refractivity contribution in [3.05, 3.63) is 23.7 Å². The predicted molar refractivity (Wildman–Crippen MR) is 111 cm³/mol. The Kier molecular flexibility index (Phi) is 5.74. The fraction of sp³-hybridized carbons (Fsp3) is 0.636. The van der Waals surface area contributed by atoms with Crippen molar-refractivity contribution in [1.82, 2.24) is 19.9 Å². The molecule has 2 aliphatic rings. The molecule has 1 amide bonds. The van der Waals surface area contributed by atoms with Crippen LogP contribution in [0.5, 0.6) is 0 Å². The number of rotatable bonds is 4. The molecule has 2 aromatic rings. The van der Waals surface area contributed by atoms with Gasteiger partial charge in [-0.2, -0.15) is 0 Å². The summed E-state index contributed by atoms with van der Waals surface area (Å²) in [5, 5.41) is 0. The molecular formula is C22H31N5O. The van der Waals surface area contributed by atoms with Gasteiger partial charge in [-0.3, -0.25) is 4.79 Å². The van der Waals surface area contributed by atoms with Crippen LogP contribution in [0.3, 0.4) is 0 Å². The number of carbonyl (C=O) groups excluding carboxylic acids is 1. The van der Waals surface area contributed by atoms with Gasteiger partial charge in [0.25, 0.3) is 0 Å². The molecule has 0 aromatic carbocycles. The Morgan fingerprint density at radius 2 is 1.79 bits per heavy atom. The Hall–Kier alpha value is -2.24. The molecule has 0 spiro atoms. The minimum atomic E-state index is 0.0994. The second-order valence-electron chi connectivity index (χ2n) is 8.03. The SMILES string of the molecule is CCc1nc2cc(N3CCCC(C(=O)N4CCCCC4)C3)cnc2nc1CC. The van der Waals surface area contributed by atoms with Crippen LogP contribution < -0.4 is 4.90 Å². The minimum absolute atomic E-state index is 0.0994. The summed E-state index contributed by atoms with van der Waals surface area (Å²) >= 11 is 0. The van der Waals surface area contributed by atoms with Gasteiger partial charge in [-0.25, -0.2) is 15.0 Å². The average molecular weight is 382 g/mol. The minimum Gasteiger partial charge on any atom is -0.369 e. The van der Waals surface area contributed by atoms with Crippen molar-refractivity contribution in [3.63, 3.8) is 0 Å². The molecule has 28 heavy (non-hydrogen) atoms. The summed E-state index contributed by atoms with van der Waals surface area (Å²) < 4.78 is 0. The van der Waals surface area contributed by atoms with Crippen molar-refractivity contribution < 1.29 is 4.79 Å². The predicted octanol–water partition coefficient (Wildman–Crippen LogP) is 3.38. The van der Waals surface area contributed by atoms with E-state index in [2.05, 4.69) is 34.7 Å². The zero-order chi connectivity index (χ0) is 19.5. The molecule has 0 N–H and O–H groups in total. The van der Waals surface area contributed by atoms with Gasteiger partial charge in [0.15, 0.2) is 5.65 Å². The van der Waals surface area contributed by atoms with Gasteiger partial charge in [-0.05, 0) is 51.0 Å². The zero-order valence-electron chi connectivity index (χ0n) is 17.2. The summed E-state index contributed by atoms with van der Waals surface area (Å²) in [4.78, 5) is 31.5. The number of hydrogen-bond acceptors (Lipinski definition) is 5. The van der Waals surface area contributed by atoms with Gasteiger partial charge in [0.05, 0.1) is 29.2 Å². The number of likely N-dealkylation sites (tertiary alicyclic amines) is 1. The van der Waals surface area contributed by atoms with Gasteiger partial charge in [0.2, 0.25) is 5.91 Å². The second kappa shape index (κ2) is 8.41. The van der Waals surface area contributed by atoms with E-state index in [9.17, 15) is 4.79 Å². The van der Waals surface area contributed by atoms with E-state index in [-0.39, 0.29) is 5.92 Å². The highest BCUT2D eigenvalue weighted by atomic mass is 16.2. The van der Waals surface area contributed by atoms with Crippen molar-refractivity contribution in [2.45, 2.75) is 58.8 Å². The third-order valence-corrected chi connectivity index (χ3v) is 6.14. The summed E-state index contributed by atoms with van der Waals surface area (Å²) in [5.74, 6) is 0.445. The lowest BCUT2D eigenvalue weighted by molar-refractivity contribution is -0.136. The van der Waals surface area contributed by atoms with Gasteiger partial charge < -0.3 is 9.80 Å². The third-order valence-electron chi connectivity index (χ3n) is 6.14. The maximum absolute atomic E-state index is 13.0. The molecule has 4 heterocycles. The first-order valence-corrected chi connectivity index (χ1v) is 10.9. The number of pyridine rings is 1. The summed E-state index contributed by atoms with van der Waals surface area (Å²) in [6.07, 6.45) is 9.24. The van der Waals surface area contributed by atoms with Crippen molar-refractivity contribution in [3.8, 4) is 0 Å². The smallest absolute Gasteiger partial charge is 0.227 e. The average Bonchev–Trinajstić information content (AvgIpc) is 2.77. The van der Waals surface area contributed by atoms with E-state index >= 15 is 0 Å². The maximum atomic E-state index is 13.0. The summed E-state index contributed by atoms with van der Waals surface area (Å²) in [6, 6.07) is 2.10. The normalized spacial score (nSPS) is 20.6. The lowest BCUT2D eigenvalue weighted by Gasteiger charge is -2.37. The first kappa shape index (κ1) is 19.1. The molecule has 2 aliphatic heterocycles. The van der Waals surface area contributed by atoms with Crippen LogP contribution in [0, 0.1) is 5.92 Å². The van der Waals surface area contributed by atoms with Crippen LogP contribution in [-0.4, -0.2) is 51.9 Å². The number of piperidine rings is 2. The number of amides is 1. The molecule has 0 aliphatic carbocycles. The quantitative estimate of drug-likeness (QED) is 0.812. The van der Waals surface area contributed by atoms with E-state index in [1.54, 1.807) is 0 Å². The van der Waals surface area contributed by atoms with Crippen LogP contribution in [0.2, 0.25) is 0 Å². The molecular weight excluding hydrogens is 350 g/mol. The fourth-order valence-corrected chi connectivity index (χ4v) is 4.53. The molecule has 0 saturated carbocycles. The van der Waals surface area contributed by atoms with Crippen LogP contribution in [0.4, 0.5) is 5.69 Å². The van der Waals surface area contributed by atoms with E-state index in [1.807, 2.05) is 6.20 Å². The van der Waals surface area contributed by atoms with E-state index in [4.69, 9.17) is 9.97 Å². The molecule has 6 nitrogen and oxygen atoms in total. The van der Waals surface area contributed by atoms with E-state index < -0.39 is 0 Å². The molecule has 2 fully saturated rings. The molecule has 2 aromatic heterocycles. The van der Waals surface area contributed by atoms with Gasteiger partial charge in [-0.1, -0.05) is 13.8 Å². The molecule has 1 unspecified atom stereocenters. The molecule has 2 saturated heterocycles. The Labute approximate surface area is 167 Å². The summed E-state index contributed by atoms with van der Waals surface area (Å²) in [7, 11) is 0. The number of nitrogens with zero attached hydrogens (tertiary/aromatic N) is 5. The van der Waals surface area contributed by atoms with Crippen LogP contribution in [0.15, 0.2) is 12.3 Å². The first-order valence-electron chi connectivity index (χ1n) is 10.9. The van der Waals surface area contributed by atoms with Gasteiger partial charge >= 0.3 is 0 Å². The van der Waals surface area contributed by atoms with Crippen molar-refractivity contribution in [1.29, 1.82) is 0 Å². The van der Waals surface area contributed by atoms with Gasteiger partial charge in [0, 0.05) is 26.2 Å². The maximum Gasteiger partial charge on any atom is 0.227 e. The Balaban J connectivity index is 1.54. The van der Waals surface area contributed by atoms with Gasteiger partial charge in [-0.15, -0.1) is 0 Å². The number of fused-ring (bicyclic) bond motifs is 1. The zero-order valence-corrected chi connectivity index (χ0v) is 17.2. The fourth-order valence-electron chi connectivity index (χ4n) is 4.53. The Bertz CT molecular complexity index is 846. The van der Waals surface area contributed by atoms with Crippen LogP contribution in [0.25, 0.3) is 11.2 Å². The number of anilines is 1. The Morgan fingerprint density at radius 3 is 2.54 bits per heavy atom. The monoisotopic (exact) mass is 381 g/mol. The Morgan fingerprint density at radius 1 is 1.04 bits per heavy atom. The standard InChI is InChI=1S/C22H31N5O/c1-3-18-19(4-2)25-21-20(24-18)13-17(14-23-21)27-12-8-9-16(15-27)22(28)26-10-6-5-7-11-26/h13-14,16H,3-12,15H2,1-2H3. The van der Waals surface area contributed by atoms with Crippen molar-refractivity contribution in [2.24, 2.45) is 5.92 Å². The lowest BCUT2D eigenvalue weighted by Crippen LogP contribution is -2.46. The number of aryl methyl sites for hydroxylation is 2. The molecule has 1 atom stereocenters. The topological polar surface area (TPSA) is 62.2 Å². The molecule has 0 radical (unpaired) electrons. The second-order valence-corrected chi connectivity index (χ2v) is 8.03. The highest BCUT2D eigenvalue weighted by molar-refractivity contribution is 5.80. The lowest BCUT2D eigenvalue weighted by atomic mass is 9.95. The van der Waals surface area contributed by atoms with Gasteiger partial charge in [0.1, 0.15) is 5.52 Å².